The molecule has 2 aromatic rings. The van der Waals surface area contributed by atoms with E-state index >= 15 is 0 Å². The highest BCUT2D eigenvalue weighted by atomic mass is 32.1. The maximum atomic E-state index is 10.7. The summed E-state index contributed by atoms with van der Waals surface area (Å²) in [5.41, 5.74) is 0. The second-order valence-corrected chi connectivity index (χ2v) is 4.92. The van der Waals surface area contributed by atoms with Crippen molar-refractivity contribution in [2.24, 2.45) is 0 Å². The Morgan fingerprint density at radius 2 is 2.44 bits per heavy atom. The van der Waals surface area contributed by atoms with Crippen molar-refractivity contribution in [1.82, 2.24) is 20.2 Å². The van der Waals surface area contributed by atoms with Gasteiger partial charge in [-0.25, -0.2) is 9.48 Å². The van der Waals surface area contributed by atoms with Crippen molar-refractivity contribution >= 4 is 17.3 Å². The second kappa shape index (κ2) is 4.37. The minimum Gasteiger partial charge on any atom is -0.485 e. The van der Waals surface area contributed by atoms with Crippen LogP contribution >= 0.6 is 11.3 Å². The van der Waals surface area contributed by atoms with Crippen molar-refractivity contribution < 1.29 is 14.6 Å². The Kier molecular flexibility index (Phi) is 2.71. The molecule has 7 nitrogen and oxygen atoms in total. The summed E-state index contributed by atoms with van der Waals surface area (Å²) in [6.45, 7) is 0.249. The number of hydrogen-bond acceptors (Lipinski definition) is 6. The minimum absolute atomic E-state index is 0.249. The average molecular weight is 266 g/mol. The molecule has 0 aromatic carbocycles. The Labute approximate surface area is 106 Å². The van der Waals surface area contributed by atoms with Gasteiger partial charge in [-0.05, 0) is 23.3 Å². The molecule has 0 atom stereocenters. The SMILES string of the molecule is O=C(O)c1cc(OCc2nnnn2C2CC2)cs1. The first-order valence-corrected chi connectivity index (χ1v) is 6.33. The molecule has 8 heteroatoms. The third kappa shape index (κ3) is 2.19. The van der Waals surface area contributed by atoms with Crippen LogP contribution in [0.4, 0.5) is 0 Å². The lowest BCUT2D eigenvalue weighted by atomic mass is 10.4. The van der Waals surface area contributed by atoms with Gasteiger partial charge < -0.3 is 9.84 Å². The maximum absolute atomic E-state index is 10.7. The van der Waals surface area contributed by atoms with Gasteiger partial charge in [-0.15, -0.1) is 16.4 Å². The van der Waals surface area contributed by atoms with Gasteiger partial charge >= 0.3 is 5.97 Å². The molecule has 0 bridgehead atoms. The molecule has 0 amide bonds. The molecule has 18 heavy (non-hydrogen) atoms. The van der Waals surface area contributed by atoms with Crippen LogP contribution < -0.4 is 4.74 Å². The number of aromatic nitrogens is 4. The predicted octanol–water partition coefficient (Wildman–Crippen LogP) is 1.35. The van der Waals surface area contributed by atoms with Crippen LogP contribution in [-0.4, -0.2) is 31.3 Å². The van der Waals surface area contributed by atoms with E-state index in [2.05, 4.69) is 15.5 Å². The summed E-state index contributed by atoms with van der Waals surface area (Å²) in [4.78, 5) is 11.0. The molecule has 0 saturated heterocycles. The third-order valence-electron chi connectivity index (χ3n) is 2.61. The number of carboxylic acids is 1. The zero-order valence-electron chi connectivity index (χ0n) is 9.31. The summed E-state index contributed by atoms with van der Waals surface area (Å²) in [6.07, 6.45) is 2.19. The Bertz CT molecular complexity index is 575. The fraction of sp³-hybridized carbons (Fsp3) is 0.400. The summed E-state index contributed by atoms with van der Waals surface area (Å²) >= 11 is 1.13. The number of ether oxygens (including phenoxy) is 1. The molecule has 1 fully saturated rings. The topological polar surface area (TPSA) is 90.1 Å². The molecule has 2 aromatic heterocycles. The molecular weight excluding hydrogens is 256 g/mol. The summed E-state index contributed by atoms with van der Waals surface area (Å²) in [5, 5.41) is 21.9. The van der Waals surface area contributed by atoms with Crippen LogP contribution in [0, 0.1) is 0 Å². The van der Waals surface area contributed by atoms with E-state index in [1.807, 2.05) is 0 Å². The van der Waals surface area contributed by atoms with Crippen molar-refractivity contribution in [1.29, 1.82) is 0 Å². The molecular formula is C10H10N4O3S. The summed E-state index contributed by atoms with van der Waals surface area (Å²) < 4.78 is 7.25. The number of nitrogens with zero attached hydrogens (tertiary/aromatic N) is 4. The number of carboxylic acid groups (broad SMARTS) is 1. The van der Waals surface area contributed by atoms with Gasteiger partial charge in [-0.2, -0.15) is 0 Å². The number of tetrazole rings is 1. The minimum atomic E-state index is -0.947. The fourth-order valence-corrected chi connectivity index (χ4v) is 2.23. The zero-order valence-corrected chi connectivity index (χ0v) is 10.1. The molecule has 0 aliphatic heterocycles. The molecule has 3 rings (SSSR count). The standard InChI is InChI=1S/C10H10N4O3S/c15-10(16)8-3-7(5-18-8)17-4-9-11-12-13-14(9)6-1-2-6/h3,5-6H,1-2,4H2,(H,15,16). The molecule has 0 radical (unpaired) electrons. The van der Waals surface area contributed by atoms with E-state index in [1.165, 1.54) is 6.07 Å². The summed E-state index contributed by atoms with van der Waals surface area (Å²) in [5.74, 6) is 0.251. The normalized spacial score (nSPS) is 14.7. The molecule has 1 saturated carbocycles. The van der Waals surface area contributed by atoms with Gasteiger partial charge in [-0.3, -0.25) is 0 Å². The highest BCUT2D eigenvalue weighted by molar-refractivity contribution is 7.12. The van der Waals surface area contributed by atoms with Crippen LogP contribution in [-0.2, 0) is 6.61 Å². The van der Waals surface area contributed by atoms with Gasteiger partial charge in [-0.1, -0.05) is 0 Å². The van der Waals surface area contributed by atoms with Crippen molar-refractivity contribution in [3.8, 4) is 5.75 Å². The van der Waals surface area contributed by atoms with E-state index in [-0.39, 0.29) is 11.5 Å². The number of rotatable bonds is 5. The quantitative estimate of drug-likeness (QED) is 0.878. The molecule has 0 unspecified atom stereocenters. The van der Waals surface area contributed by atoms with Crippen molar-refractivity contribution in [3.05, 3.63) is 22.1 Å². The number of aromatic carboxylic acids is 1. The van der Waals surface area contributed by atoms with Gasteiger partial charge in [0.25, 0.3) is 0 Å². The number of thiophene rings is 1. The monoisotopic (exact) mass is 266 g/mol. The van der Waals surface area contributed by atoms with Crippen LogP contribution in [0.15, 0.2) is 11.4 Å². The van der Waals surface area contributed by atoms with E-state index in [0.29, 0.717) is 17.6 Å². The summed E-state index contributed by atoms with van der Waals surface area (Å²) in [6, 6.07) is 1.90. The van der Waals surface area contributed by atoms with Gasteiger partial charge in [0.2, 0.25) is 0 Å². The molecule has 94 valence electrons. The first-order valence-electron chi connectivity index (χ1n) is 5.45. The average Bonchev–Trinajstić information content (AvgIpc) is 2.92. The Morgan fingerprint density at radius 3 is 3.11 bits per heavy atom. The smallest absolute Gasteiger partial charge is 0.346 e. The largest absolute Gasteiger partial charge is 0.485 e. The Morgan fingerprint density at radius 1 is 1.61 bits per heavy atom. The van der Waals surface area contributed by atoms with Gasteiger partial charge in [0, 0.05) is 11.4 Å². The van der Waals surface area contributed by atoms with Crippen molar-refractivity contribution in [3.63, 3.8) is 0 Å². The molecule has 1 aliphatic rings. The highest BCUT2D eigenvalue weighted by Crippen LogP contribution is 2.34. The van der Waals surface area contributed by atoms with E-state index in [4.69, 9.17) is 9.84 Å². The highest BCUT2D eigenvalue weighted by Gasteiger charge is 2.27. The molecule has 2 heterocycles. The third-order valence-corrected chi connectivity index (χ3v) is 3.50. The molecule has 1 N–H and O–H groups in total. The fourth-order valence-electron chi connectivity index (χ4n) is 1.56. The second-order valence-electron chi connectivity index (χ2n) is 4.01. The van der Waals surface area contributed by atoms with Crippen LogP contribution in [0.25, 0.3) is 0 Å². The van der Waals surface area contributed by atoms with Gasteiger partial charge in [0.1, 0.15) is 17.2 Å². The van der Waals surface area contributed by atoms with E-state index in [1.54, 1.807) is 10.1 Å². The Hall–Kier alpha value is -1.96. The Balaban J connectivity index is 1.66. The lowest BCUT2D eigenvalue weighted by molar-refractivity contribution is 0.0702. The number of carbonyl (C=O) groups is 1. The van der Waals surface area contributed by atoms with Crippen LogP contribution in [0.5, 0.6) is 5.75 Å². The first kappa shape index (κ1) is 11.1. The van der Waals surface area contributed by atoms with Gasteiger partial charge in [0.15, 0.2) is 5.82 Å². The predicted molar refractivity (Wildman–Crippen MR) is 61.7 cm³/mol. The van der Waals surface area contributed by atoms with Crippen molar-refractivity contribution in [2.45, 2.75) is 25.5 Å². The molecule has 1 aliphatic carbocycles. The van der Waals surface area contributed by atoms with Crippen LogP contribution in [0.2, 0.25) is 0 Å². The molecule has 0 spiro atoms. The maximum Gasteiger partial charge on any atom is 0.346 e. The van der Waals surface area contributed by atoms with Crippen LogP contribution in [0.1, 0.15) is 34.4 Å². The van der Waals surface area contributed by atoms with E-state index < -0.39 is 5.97 Å². The zero-order chi connectivity index (χ0) is 12.5. The number of hydrogen-bond donors (Lipinski definition) is 1. The lowest BCUT2D eigenvalue weighted by Crippen LogP contribution is -2.07. The first-order chi connectivity index (χ1) is 8.74. The van der Waals surface area contributed by atoms with Crippen molar-refractivity contribution in [2.75, 3.05) is 0 Å². The summed E-state index contributed by atoms with van der Waals surface area (Å²) in [7, 11) is 0. The van der Waals surface area contributed by atoms with Crippen LogP contribution in [0.3, 0.4) is 0 Å². The van der Waals surface area contributed by atoms with E-state index in [9.17, 15) is 4.79 Å². The lowest BCUT2D eigenvalue weighted by Gasteiger charge is -2.03. The van der Waals surface area contributed by atoms with Gasteiger partial charge in [0.05, 0.1) is 6.04 Å². The van der Waals surface area contributed by atoms with E-state index in [0.717, 1.165) is 24.2 Å².